The number of benzene rings is 1. The number of hydrogen-bond acceptors (Lipinski definition) is 4. The van der Waals surface area contributed by atoms with E-state index in [4.69, 9.17) is 10.00 Å². The Hall–Kier alpha value is -2.06. The summed E-state index contributed by atoms with van der Waals surface area (Å²) in [6, 6.07) is 9.82. The fourth-order valence-corrected chi connectivity index (χ4v) is 3.30. The first-order valence-electron chi connectivity index (χ1n) is 8.41. The summed E-state index contributed by atoms with van der Waals surface area (Å²) >= 11 is 0. The normalized spacial score (nSPS) is 21.8. The molecular formula is C18H23N3O2. The van der Waals surface area contributed by atoms with Crippen molar-refractivity contribution in [1.82, 2.24) is 4.90 Å². The minimum Gasteiger partial charge on any atom is -0.378 e. The number of carbonyl (C=O) groups excluding carboxylic acids is 1. The van der Waals surface area contributed by atoms with Crippen molar-refractivity contribution in [1.29, 1.82) is 5.26 Å². The summed E-state index contributed by atoms with van der Waals surface area (Å²) in [6.45, 7) is 4.15. The highest BCUT2D eigenvalue weighted by molar-refractivity contribution is 5.76. The molecule has 5 nitrogen and oxygen atoms in total. The highest BCUT2D eigenvalue weighted by Crippen LogP contribution is 2.19. The number of nitriles is 1. The molecule has 0 N–H and O–H groups in total. The average molecular weight is 313 g/mol. The first-order chi connectivity index (χ1) is 11.3. The minimum atomic E-state index is 0.125. The van der Waals surface area contributed by atoms with Crippen molar-refractivity contribution < 1.29 is 9.53 Å². The lowest BCUT2D eigenvalue weighted by Crippen LogP contribution is -2.36. The molecule has 122 valence electrons. The third-order valence-corrected chi connectivity index (χ3v) is 4.64. The molecule has 3 rings (SSSR count). The lowest BCUT2D eigenvalue weighted by atomic mass is 10.1. The number of ether oxygens (including phenoxy) is 1. The van der Waals surface area contributed by atoms with Gasteiger partial charge < -0.3 is 14.5 Å². The van der Waals surface area contributed by atoms with Crippen LogP contribution in [0.15, 0.2) is 24.3 Å². The number of rotatable bonds is 3. The second-order valence-corrected chi connectivity index (χ2v) is 6.22. The Morgan fingerprint density at radius 3 is 2.70 bits per heavy atom. The maximum absolute atomic E-state index is 12.4. The van der Waals surface area contributed by atoms with Crippen LogP contribution in [0.3, 0.4) is 0 Å². The van der Waals surface area contributed by atoms with E-state index in [0.717, 1.165) is 57.7 Å². The fraction of sp³-hybridized carbons (Fsp3) is 0.556. The van der Waals surface area contributed by atoms with E-state index in [1.165, 1.54) is 0 Å². The molecule has 5 heteroatoms. The van der Waals surface area contributed by atoms with Crippen molar-refractivity contribution in [3.05, 3.63) is 29.8 Å². The predicted molar refractivity (Wildman–Crippen MR) is 88.2 cm³/mol. The second kappa shape index (κ2) is 7.47. The molecule has 2 heterocycles. The van der Waals surface area contributed by atoms with Crippen LogP contribution < -0.4 is 4.90 Å². The zero-order chi connectivity index (χ0) is 16.1. The van der Waals surface area contributed by atoms with Gasteiger partial charge in [0, 0.05) is 38.5 Å². The molecule has 0 aliphatic carbocycles. The molecule has 0 unspecified atom stereocenters. The Bertz CT molecular complexity index is 573. The third kappa shape index (κ3) is 4.02. The van der Waals surface area contributed by atoms with Gasteiger partial charge >= 0.3 is 0 Å². The Morgan fingerprint density at radius 1 is 1.17 bits per heavy atom. The van der Waals surface area contributed by atoms with E-state index in [1.807, 2.05) is 29.2 Å². The summed E-state index contributed by atoms with van der Waals surface area (Å²) in [5, 5.41) is 8.88. The van der Waals surface area contributed by atoms with Gasteiger partial charge in [0.25, 0.3) is 0 Å². The molecule has 0 bridgehead atoms. The van der Waals surface area contributed by atoms with Gasteiger partial charge in [0.15, 0.2) is 0 Å². The smallest absolute Gasteiger partial charge is 0.225 e. The first kappa shape index (κ1) is 15.8. The highest BCUT2D eigenvalue weighted by atomic mass is 16.5. The molecule has 0 radical (unpaired) electrons. The van der Waals surface area contributed by atoms with E-state index >= 15 is 0 Å². The van der Waals surface area contributed by atoms with Gasteiger partial charge in [0.1, 0.15) is 0 Å². The van der Waals surface area contributed by atoms with E-state index in [0.29, 0.717) is 12.0 Å². The van der Waals surface area contributed by atoms with Gasteiger partial charge in [0.2, 0.25) is 5.91 Å². The summed E-state index contributed by atoms with van der Waals surface area (Å²) < 4.78 is 5.57. The van der Waals surface area contributed by atoms with E-state index in [9.17, 15) is 4.79 Å². The van der Waals surface area contributed by atoms with Crippen LogP contribution >= 0.6 is 0 Å². The summed E-state index contributed by atoms with van der Waals surface area (Å²) in [5.41, 5.74) is 1.80. The molecule has 2 aliphatic rings. The number of hydrogen-bond donors (Lipinski definition) is 0. The molecule has 1 amide bonds. The second-order valence-electron chi connectivity index (χ2n) is 6.22. The van der Waals surface area contributed by atoms with Gasteiger partial charge in [-0.05, 0) is 43.5 Å². The lowest BCUT2D eigenvalue weighted by molar-refractivity contribution is -0.133. The summed E-state index contributed by atoms with van der Waals surface area (Å²) in [7, 11) is 0. The van der Waals surface area contributed by atoms with Crippen molar-refractivity contribution in [2.45, 2.75) is 31.8 Å². The molecule has 0 saturated carbocycles. The number of amides is 1. The summed E-state index contributed by atoms with van der Waals surface area (Å²) in [5.74, 6) is 0.221. The largest absolute Gasteiger partial charge is 0.378 e. The maximum atomic E-state index is 12.4. The molecule has 1 aromatic carbocycles. The fourth-order valence-electron chi connectivity index (χ4n) is 3.30. The molecule has 1 aromatic rings. The zero-order valence-corrected chi connectivity index (χ0v) is 13.4. The van der Waals surface area contributed by atoms with Crippen LogP contribution in [0, 0.1) is 11.3 Å². The molecule has 23 heavy (non-hydrogen) atoms. The molecule has 1 atom stereocenters. The third-order valence-electron chi connectivity index (χ3n) is 4.64. The van der Waals surface area contributed by atoms with Gasteiger partial charge in [-0.2, -0.15) is 5.26 Å². The van der Waals surface area contributed by atoms with Crippen molar-refractivity contribution >= 4 is 11.6 Å². The van der Waals surface area contributed by atoms with Crippen LogP contribution in [0.25, 0.3) is 0 Å². The van der Waals surface area contributed by atoms with Crippen molar-refractivity contribution in [2.24, 2.45) is 0 Å². The van der Waals surface area contributed by atoms with Crippen LogP contribution in [0.4, 0.5) is 5.69 Å². The minimum absolute atomic E-state index is 0.125. The van der Waals surface area contributed by atoms with Crippen molar-refractivity contribution in [3.8, 4) is 6.07 Å². The van der Waals surface area contributed by atoms with Crippen LogP contribution in [0.5, 0.6) is 0 Å². The maximum Gasteiger partial charge on any atom is 0.225 e. The number of nitrogens with zero attached hydrogens (tertiary/aromatic N) is 3. The van der Waals surface area contributed by atoms with Gasteiger partial charge in [-0.15, -0.1) is 0 Å². The Kier molecular flexibility index (Phi) is 5.14. The van der Waals surface area contributed by atoms with Crippen LogP contribution in [-0.2, 0) is 9.53 Å². The topological polar surface area (TPSA) is 56.6 Å². The van der Waals surface area contributed by atoms with Gasteiger partial charge in [-0.25, -0.2) is 0 Å². The SMILES string of the molecule is N#Cc1ccc(N2CCCN(C(=O)C[C@@H]3CCCO3)CC2)cc1. The number of carbonyl (C=O) groups is 1. The number of anilines is 1. The van der Waals surface area contributed by atoms with E-state index in [2.05, 4.69) is 11.0 Å². The first-order valence-corrected chi connectivity index (χ1v) is 8.41. The summed E-state index contributed by atoms with van der Waals surface area (Å²) in [6.07, 6.45) is 3.70. The highest BCUT2D eigenvalue weighted by Gasteiger charge is 2.24. The van der Waals surface area contributed by atoms with Gasteiger partial charge in [-0.3, -0.25) is 4.79 Å². The van der Waals surface area contributed by atoms with Crippen molar-refractivity contribution in [2.75, 3.05) is 37.7 Å². The Labute approximate surface area is 137 Å². The van der Waals surface area contributed by atoms with Crippen LogP contribution in [-0.4, -0.2) is 49.7 Å². The van der Waals surface area contributed by atoms with E-state index in [1.54, 1.807) is 0 Å². The Balaban J connectivity index is 1.55. The quantitative estimate of drug-likeness (QED) is 0.858. The lowest BCUT2D eigenvalue weighted by Gasteiger charge is -2.24. The van der Waals surface area contributed by atoms with Gasteiger partial charge in [0.05, 0.1) is 24.2 Å². The predicted octanol–water partition coefficient (Wildman–Crippen LogP) is 2.17. The molecule has 2 aliphatic heterocycles. The summed E-state index contributed by atoms with van der Waals surface area (Å²) in [4.78, 5) is 16.7. The monoisotopic (exact) mass is 313 g/mol. The van der Waals surface area contributed by atoms with E-state index < -0.39 is 0 Å². The van der Waals surface area contributed by atoms with Crippen LogP contribution in [0.1, 0.15) is 31.2 Å². The van der Waals surface area contributed by atoms with Crippen molar-refractivity contribution in [3.63, 3.8) is 0 Å². The van der Waals surface area contributed by atoms with E-state index in [-0.39, 0.29) is 12.0 Å². The van der Waals surface area contributed by atoms with Crippen LogP contribution in [0.2, 0.25) is 0 Å². The molecule has 0 aromatic heterocycles. The standard InChI is InChI=1S/C18H23N3O2/c19-14-15-4-6-16(7-5-15)20-8-2-9-21(11-10-20)18(22)13-17-3-1-12-23-17/h4-7,17H,1-3,8-13H2/t17-/m0/s1. The Morgan fingerprint density at radius 2 is 2.00 bits per heavy atom. The molecule has 0 spiro atoms. The van der Waals surface area contributed by atoms with Gasteiger partial charge in [-0.1, -0.05) is 0 Å². The molecular weight excluding hydrogens is 290 g/mol. The zero-order valence-electron chi connectivity index (χ0n) is 13.4. The average Bonchev–Trinajstić information content (AvgIpc) is 2.96. The molecule has 2 saturated heterocycles. The molecule has 2 fully saturated rings.